The number of aromatic nitrogens is 1. The van der Waals surface area contributed by atoms with Crippen LogP contribution in [0.2, 0.25) is 5.02 Å². The Bertz CT molecular complexity index is 1190. The van der Waals surface area contributed by atoms with Gasteiger partial charge in [-0.05, 0) is 24.3 Å². The van der Waals surface area contributed by atoms with Crippen LogP contribution in [0.25, 0.3) is 10.9 Å². The highest BCUT2D eigenvalue weighted by Crippen LogP contribution is 2.35. The fraction of sp³-hybridized carbons (Fsp3) is 0.222. The molecule has 0 aliphatic rings. The summed E-state index contributed by atoms with van der Waals surface area (Å²) in [6, 6.07) is 13.2. The lowest BCUT2D eigenvalue weighted by atomic mass is 10.2. The van der Waals surface area contributed by atoms with Crippen LogP contribution < -0.4 is 4.31 Å². The maximum atomic E-state index is 13.4. The number of H-pyrrole nitrogens is 1. The van der Waals surface area contributed by atoms with Crippen molar-refractivity contribution in [3.8, 4) is 0 Å². The van der Waals surface area contributed by atoms with Gasteiger partial charge in [0.15, 0.2) is 0 Å². The van der Waals surface area contributed by atoms with Crippen LogP contribution in [0.3, 0.4) is 0 Å². The second-order valence-corrected chi connectivity index (χ2v) is 10.7. The number of nitrogens with zero attached hydrogens (tertiary/aromatic N) is 2. The van der Waals surface area contributed by atoms with Crippen LogP contribution in [0.1, 0.15) is 0 Å². The number of hydrogen-bond donors (Lipinski definition) is 1. The van der Waals surface area contributed by atoms with Gasteiger partial charge in [-0.25, -0.2) is 21.1 Å². The molecule has 0 aliphatic heterocycles. The topological polar surface area (TPSA) is 90.6 Å². The summed E-state index contributed by atoms with van der Waals surface area (Å²) in [6.45, 7) is -0.0786. The molecule has 0 bridgehead atoms. The highest BCUT2D eigenvalue weighted by atomic mass is 35.5. The summed E-state index contributed by atoms with van der Waals surface area (Å²) < 4.78 is 52.6. The normalized spacial score (nSPS) is 12.6. The molecule has 3 rings (SSSR count). The van der Waals surface area contributed by atoms with Crippen LogP contribution >= 0.6 is 11.6 Å². The van der Waals surface area contributed by atoms with E-state index in [0.29, 0.717) is 21.6 Å². The zero-order valence-electron chi connectivity index (χ0n) is 15.3. The monoisotopic (exact) mass is 441 g/mol. The molecule has 0 saturated carbocycles. The smallest absolute Gasteiger partial charge is 0.264 e. The number of nitrogens with one attached hydrogen (secondary N) is 1. The van der Waals surface area contributed by atoms with Gasteiger partial charge in [0.05, 0.1) is 21.9 Å². The van der Waals surface area contributed by atoms with Crippen LogP contribution in [0.4, 0.5) is 5.69 Å². The second kappa shape index (κ2) is 7.75. The lowest BCUT2D eigenvalue weighted by Gasteiger charge is -2.27. The van der Waals surface area contributed by atoms with E-state index in [4.69, 9.17) is 11.6 Å². The van der Waals surface area contributed by atoms with Gasteiger partial charge < -0.3 is 4.98 Å². The minimum absolute atomic E-state index is 0.0106. The Balaban J connectivity index is 2.13. The fourth-order valence-electron chi connectivity index (χ4n) is 2.82. The van der Waals surface area contributed by atoms with Crippen molar-refractivity contribution in [3.05, 3.63) is 59.8 Å². The summed E-state index contributed by atoms with van der Waals surface area (Å²) in [5, 5.41) is 0.945. The molecule has 1 heterocycles. The molecule has 3 aromatic rings. The number of halogens is 1. The summed E-state index contributed by atoms with van der Waals surface area (Å²) in [4.78, 5) is 3.12. The number of fused-ring (bicyclic) bond motifs is 1. The number of rotatable bonds is 7. The van der Waals surface area contributed by atoms with Gasteiger partial charge in [0.1, 0.15) is 0 Å². The molecule has 0 amide bonds. The van der Waals surface area contributed by atoms with Gasteiger partial charge in [-0.3, -0.25) is 4.31 Å². The molecule has 0 saturated heterocycles. The zero-order chi connectivity index (χ0) is 20.5. The first-order valence-corrected chi connectivity index (χ1v) is 12.0. The van der Waals surface area contributed by atoms with Crippen LogP contribution in [0.5, 0.6) is 0 Å². The first kappa shape index (κ1) is 20.7. The van der Waals surface area contributed by atoms with Gasteiger partial charge in [-0.15, -0.1) is 0 Å². The minimum atomic E-state index is -3.94. The molecule has 0 unspecified atom stereocenters. The lowest BCUT2D eigenvalue weighted by molar-refractivity contribution is 0.480. The summed E-state index contributed by atoms with van der Waals surface area (Å²) >= 11 is 6.29. The van der Waals surface area contributed by atoms with Gasteiger partial charge in [0.25, 0.3) is 10.0 Å². The molecule has 0 atom stereocenters. The van der Waals surface area contributed by atoms with Gasteiger partial charge >= 0.3 is 0 Å². The maximum Gasteiger partial charge on any atom is 0.264 e. The van der Waals surface area contributed by atoms with Crippen LogP contribution in [0, 0.1) is 0 Å². The number of hydrogen-bond acceptors (Lipinski definition) is 4. The van der Waals surface area contributed by atoms with Crippen molar-refractivity contribution in [2.24, 2.45) is 0 Å². The zero-order valence-corrected chi connectivity index (χ0v) is 17.7. The third-order valence-corrected chi connectivity index (χ3v) is 7.86. The van der Waals surface area contributed by atoms with E-state index < -0.39 is 20.0 Å². The molecule has 1 N–H and O–H groups in total. The van der Waals surface area contributed by atoms with E-state index in [2.05, 4.69) is 4.98 Å². The Morgan fingerprint density at radius 1 is 0.964 bits per heavy atom. The number of sulfonamides is 2. The largest absolute Gasteiger partial charge is 0.360 e. The Morgan fingerprint density at radius 3 is 2.29 bits per heavy atom. The highest BCUT2D eigenvalue weighted by molar-refractivity contribution is 7.92. The predicted molar refractivity (Wildman–Crippen MR) is 112 cm³/mol. The SMILES string of the molecule is CN(CCN(c1cccc2[nH]cc(Cl)c12)S(=O)(=O)c1ccccc1)S(C)(=O)=O. The molecule has 0 fully saturated rings. The quantitative estimate of drug-likeness (QED) is 0.610. The average Bonchev–Trinajstić information content (AvgIpc) is 3.03. The molecule has 0 radical (unpaired) electrons. The summed E-state index contributed by atoms with van der Waals surface area (Å²) in [6.07, 6.45) is 2.67. The third-order valence-electron chi connectivity index (χ3n) is 4.42. The lowest BCUT2D eigenvalue weighted by Crippen LogP contribution is -2.39. The molecule has 28 heavy (non-hydrogen) atoms. The standard InChI is InChI=1S/C18H20ClN3O4S2/c1-21(27(2,23)24)11-12-22(28(25,26)14-7-4-3-5-8-14)17-10-6-9-16-18(17)15(19)13-20-16/h3-10,13,20H,11-12H2,1-2H3. The molecule has 0 aliphatic carbocycles. The van der Waals surface area contributed by atoms with E-state index in [1.165, 1.54) is 23.5 Å². The average molecular weight is 442 g/mol. The van der Waals surface area contributed by atoms with E-state index in [1.807, 2.05) is 0 Å². The highest BCUT2D eigenvalue weighted by Gasteiger charge is 2.28. The van der Waals surface area contributed by atoms with Crippen LogP contribution in [-0.2, 0) is 20.0 Å². The van der Waals surface area contributed by atoms with E-state index >= 15 is 0 Å². The molecule has 7 nitrogen and oxygen atoms in total. The Kier molecular flexibility index (Phi) is 5.72. The van der Waals surface area contributed by atoms with E-state index in [1.54, 1.807) is 42.6 Å². The van der Waals surface area contributed by atoms with Gasteiger partial charge in [-0.2, -0.15) is 0 Å². The van der Waals surface area contributed by atoms with Crippen molar-refractivity contribution in [1.82, 2.24) is 9.29 Å². The molecule has 150 valence electrons. The molecule has 10 heteroatoms. The first-order chi connectivity index (χ1) is 13.1. The van der Waals surface area contributed by atoms with E-state index in [0.717, 1.165) is 10.6 Å². The maximum absolute atomic E-state index is 13.4. The van der Waals surface area contributed by atoms with Gasteiger partial charge in [0.2, 0.25) is 10.0 Å². The van der Waals surface area contributed by atoms with Crippen molar-refractivity contribution in [2.75, 3.05) is 30.7 Å². The predicted octanol–water partition coefficient (Wildman–Crippen LogP) is 2.91. The van der Waals surface area contributed by atoms with E-state index in [9.17, 15) is 16.8 Å². The summed E-state index contributed by atoms with van der Waals surface area (Å²) in [5.41, 5.74) is 1.07. The summed E-state index contributed by atoms with van der Waals surface area (Å²) in [5.74, 6) is 0. The Morgan fingerprint density at radius 2 is 1.64 bits per heavy atom. The second-order valence-electron chi connectivity index (χ2n) is 6.31. The third kappa shape index (κ3) is 4.02. The molecule has 2 aromatic carbocycles. The van der Waals surface area contributed by atoms with Crippen LogP contribution in [0.15, 0.2) is 59.6 Å². The van der Waals surface area contributed by atoms with Crippen molar-refractivity contribution < 1.29 is 16.8 Å². The summed E-state index contributed by atoms with van der Waals surface area (Å²) in [7, 11) is -5.98. The van der Waals surface area contributed by atoms with E-state index in [-0.39, 0.29) is 18.0 Å². The number of anilines is 1. The van der Waals surface area contributed by atoms with Gasteiger partial charge in [-0.1, -0.05) is 35.9 Å². The molecule has 0 spiro atoms. The Labute approximate surface area is 169 Å². The minimum Gasteiger partial charge on any atom is -0.360 e. The van der Waals surface area contributed by atoms with Crippen molar-refractivity contribution in [2.45, 2.75) is 4.90 Å². The number of benzene rings is 2. The first-order valence-electron chi connectivity index (χ1n) is 8.37. The fourth-order valence-corrected chi connectivity index (χ4v) is 4.97. The molecule has 1 aromatic heterocycles. The number of aromatic amines is 1. The Hall–Kier alpha value is -2.07. The molecular formula is C18H20ClN3O4S2. The van der Waals surface area contributed by atoms with Gasteiger partial charge in [0, 0.05) is 37.2 Å². The van der Waals surface area contributed by atoms with Crippen molar-refractivity contribution in [3.63, 3.8) is 0 Å². The number of likely N-dealkylation sites (N-methyl/N-ethyl adjacent to an activating group) is 1. The van der Waals surface area contributed by atoms with Crippen molar-refractivity contribution >= 4 is 48.2 Å². The molecular weight excluding hydrogens is 422 g/mol. The van der Waals surface area contributed by atoms with Crippen LogP contribution in [-0.4, -0.2) is 52.5 Å². The van der Waals surface area contributed by atoms with Crippen molar-refractivity contribution in [1.29, 1.82) is 0 Å².